The van der Waals surface area contributed by atoms with Crippen LogP contribution < -0.4 is 20.4 Å². The highest BCUT2D eigenvalue weighted by atomic mass is 16.7. The van der Waals surface area contributed by atoms with Crippen LogP contribution in [0.4, 0.5) is 0 Å². The molecule has 0 radical (unpaired) electrons. The molecule has 4 aliphatic rings. The van der Waals surface area contributed by atoms with Crippen molar-refractivity contribution in [2.24, 2.45) is 0 Å². The van der Waals surface area contributed by atoms with Gasteiger partial charge in [-0.25, -0.2) is 0 Å². The Bertz CT molecular complexity index is 1260. The summed E-state index contributed by atoms with van der Waals surface area (Å²) >= 11 is 0. The zero-order chi connectivity index (χ0) is 30.2. The molecule has 3 aromatic carbocycles. The van der Waals surface area contributed by atoms with Crippen molar-refractivity contribution in [3.8, 4) is 11.5 Å². The summed E-state index contributed by atoms with van der Waals surface area (Å²) in [6.07, 6.45) is -10.3. The lowest BCUT2D eigenvalue weighted by Gasteiger charge is -2.46. The maximum absolute atomic E-state index is 10.8. The van der Waals surface area contributed by atoms with E-state index in [4.69, 9.17) is 37.6 Å². The first-order chi connectivity index (χ1) is 21.4. The van der Waals surface area contributed by atoms with Crippen molar-refractivity contribution in [3.05, 3.63) is 84.9 Å². The first kappa shape index (κ1) is 29.7. The Morgan fingerprint density at radius 3 is 1.30 bits per heavy atom. The monoisotopic (exact) mass is 606 g/mol. The van der Waals surface area contributed by atoms with Crippen LogP contribution in [0.3, 0.4) is 0 Å². The van der Waals surface area contributed by atoms with Crippen molar-refractivity contribution in [3.63, 3.8) is 0 Å². The quantitative estimate of drug-likeness (QED) is 0.254. The second-order valence-electron chi connectivity index (χ2n) is 11.1. The van der Waals surface area contributed by atoms with Gasteiger partial charge in [0.15, 0.2) is 0 Å². The third-order valence-electron chi connectivity index (χ3n) is 8.14. The van der Waals surface area contributed by atoms with Crippen LogP contribution in [-0.4, -0.2) is 109 Å². The number of ether oxygens (including phenoxy) is 4. The topological polar surface area (TPSA) is 155 Å². The zero-order valence-electron chi connectivity index (χ0n) is 23.5. The summed E-state index contributed by atoms with van der Waals surface area (Å²) in [6.45, 7) is 0.227. The van der Waals surface area contributed by atoms with Crippen LogP contribution in [0.1, 0.15) is 0 Å². The summed E-state index contributed by atoms with van der Waals surface area (Å²) < 4.78 is 47.1. The predicted molar refractivity (Wildman–Crippen MR) is 154 cm³/mol. The van der Waals surface area contributed by atoms with Gasteiger partial charge in [0.2, 0.25) is 12.6 Å². The molecule has 7 rings (SSSR count). The molecular formula is C30H32B2O12. The van der Waals surface area contributed by atoms with Crippen LogP contribution in [0.25, 0.3) is 0 Å². The van der Waals surface area contributed by atoms with Gasteiger partial charge in [-0.2, -0.15) is 0 Å². The van der Waals surface area contributed by atoms with E-state index in [0.717, 1.165) is 0 Å². The average Bonchev–Trinajstić information content (AvgIpc) is 3.07. The van der Waals surface area contributed by atoms with Crippen molar-refractivity contribution in [1.82, 2.24) is 0 Å². The highest BCUT2D eigenvalue weighted by Gasteiger charge is 2.52. The van der Waals surface area contributed by atoms with Gasteiger partial charge in [-0.05, 0) is 35.2 Å². The fourth-order valence-corrected chi connectivity index (χ4v) is 5.77. The SMILES string of the molecule is O[C@@H]1[C@@H](O)[C@H](Oc2ccccc2)O[C@@H]2COB(c3ccc(B4OC[C@H]5O[C@@H](Oc6ccccc6)[C@H](O)[C@@H](O)[C@H]5O4)cc3)O[C@H]12. The van der Waals surface area contributed by atoms with Crippen LogP contribution in [-0.2, 0) is 28.1 Å². The molecule has 230 valence electrons. The van der Waals surface area contributed by atoms with Crippen LogP contribution in [0.5, 0.6) is 11.5 Å². The molecule has 0 amide bonds. The fourth-order valence-electron chi connectivity index (χ4n) is 5.77. The smallest absolute Gasteiger partial charge is 0.462 e. The molecule has 0 aliphatic carbocycles. The van der Waals surface area contributed by atoms with E-state index in [2.05, 4.69) is 0 Å². The van der Waals surface area contributed by atoms with Crippen LogP contribution >= 0.6 is 0 Å². The van der Waals surface area contributed by atoms with E-state index in [1.54, 1.807) is 72.8 Å². The number of aliphatic hydroxyl groups is 4. The molecule has 10 atom stereocenters. The van der Waals surface area contributed by atoms with E-state index >= 15 is 0 Å². The molecule has 0 unspecified atom stereocenters. The molecule has 44 heavy (non-hydrogen) atoms. The normalized spacial score (nSPS) is 35.4. The number of hydrogen-bond acceptors (Lipinski definition) is 12. The van der Waals surface area contributed by atoms with Crippen molar-refractivity contribution in [2.45, 2.75) is 61.4 Å². The van der Waals surface area contributed by atoms with Gasteiger partial charge in [-0.1, -0.05) is 60.7 Å². The lowest BCUT2D eigenvalue weighted by Crippen LogP contribution is -2.66. The molecule has 4 saturated heterocycles. The molecule has 0 spiro atoms. The van der Waals surface area contributed by atoms with Crippen molar-refractivity contribution >= 4 is 25.2 Å². The van der Waals surface area contributed by atoms with Crippen molar-refractivity contribution < 1.29 is 58.0 Å². The number of hydrogen-bond donors (Lipinski definition) is 4. The summed E-state index contributed by atoms with van der Waals surface area (Å²) in [5, 5.41) is 43.0. The molecule has 12 nitrogen and oxygen atoms in total. The summed E-state index contributed by atoms with van der Waals surface area (Å²) in [7, 11) is -1.63. The molecule has 4 N–H and O–H groups in total. The third-order valence-corrected chi connectivity index (χ3v) is 8.14. The summed E-state index contributed by atoms with van der Waals surface area (Å²) in [5.74, 6) is 1.00. The fraction of sp³-hybridized carbons (Fsp3) is 0.400. The van der Waals surface area contributed by atoms with Gasteiger partial charge < -0.3 is 58.0 Å². The highest BCUT2D eigenvalue weighted by Crippen LogP contribution is 2.31. The number of para-hydroxylation sites is 2. The molecular weight excluding hydrogens is 574 g/mol. The maximum Gasteiger partial charge on any atom is 0.494 e. The van der Waals surface area contributed by atoms with Gasteiger partial charge in [0.1, 0.15) is 60.3 Å². The Balaban J connectivity index is 0.957. The van der Waals surface area contributed by atoms with E-state index in [1.807, 2.05) is 12.1 Å². The molecule has 4 fully saturated rings. The number of benzene rings is 3. The van der Waals surface area contributed by atoms with E-state index < -0.39 is 75.6 Å². The first-order valence-corrected chi connectivity index (χ1v) is 14.6. The Labute approximate surface area is 254 Å². The summed E-state index contributed by atoms with van der Waals surface area (Å²) in [6, 6.07) is 24.9. The van der Waals surface area contributed by atoms with Crippen molar-refractivity contribution in [1.29, 1.82) is 0 Å². The van der Waals surface area contributed by atoms with Gasteiger partial charge >= 0.3 is 14.2 Å². The largest absolute Gasteiger partial charge is 0.494 e. The van der Waals surface area contributed by atoms with Crippen LogP contribution in [0.2, 0.25) is 0 Å². The van der Waals surface area contributed by atoms with Gasteiger partial charge in [0, 0.05) is 0 Å². The average molecular weight is 606 g/mol. The second kappa shape index (κ2) is 12.8. The molecule has 0 bridgehead atoms. The van der Waals surface area contributed by atoms with E-state index in [9.17, 15) is 20.4 Å². The Morgan fingerprint density at radius 1 is 0.523 bits per heavy atom. The Kier molecular flexibility index (Phi) is 8.62. The third kappa shape index (κ3) is 5.98. The first-order valence-electron chi connectivity index (χ1n) is 14.6. The lowest BCUT2D eigenvalue weighted by molar-refractivity contribution is -0.282. The number of aliphatic hydroxyl groups excluding tert-OH is 4. The van der Waals surface area contributed by atoms with E-state index in [-0.39, 0.29) is 13.2 Å². The van der Waals surface area contributed by atoms with Gasteiger partial charge in [0.05, 0.1) is 13.2 Å². The molecule has 4 heterocycles. The number of fused-ring (bicyclic) bond motifs is 2. The standard InChI is InChI=1S/C30H32B2O12/c33-23-25(35)29(39-19-7-3-1-4-8-19)41-21-15-37-31(43-27(21)23)17-11-13-18(14-12-17)32-38-16-22-28(44-32)24(34)26(36)30(42-22)40-20-9-5-2-6-10-20/h1-14,21-30,33-36H,15-16H2/t21-,22-,23-,24-,25-,26-,27+,28+,29-,30-/m1/s1. The lowest BCUT2D eigenvalue weighted by atomic mass is 9.71. The molecule has 14 heteroatoms. The summed E-state index contributed by atoms with van der Waals surface area (Å²) in [5.41, 5.74) is 1.34. The zero-order valence-corrected chi connectivity index (χ0v) is 23.5. The molecule has 3 aromatic rings. The van der Waals surface area contributed by atoms with Crippen molar-refractivity contribution in [2.75, 3.05) is 13.2 Å². The second-order valence-corrected chi connectivity index (χ2v) is 11.1. The minimum Gasteiger partial charge on any atom is -0.462 e. The molecule has 0 saturated carbocycles. The van der Waals surface area contributed by atoms with Gasteiger partial charge in [-0.3, -0.25) is 0 Å². The molecule has 4 aliphatic heterocycles. The predicted octanol–water partition coefficient (Wildman–Crippen LogP) is -1.04. The van der Waals surface area contributed by atoms with Gasteiger partial charge in [0.25, 0.3) is 0 Å². The minimum atomic E-state index is -1.33. The number of rotatable bonds is 6. The Hall–Kier alpha value is -3.01. The van der Waals surface area contributed by atoms with Crippen LogP contribution in [0, 0.1) is 0 Å². The summed E-state index contributed by atoms with van der Waals surface area (Å²) in [4.78, 5) is 0. The molecule has 0 aromatic heterocycles. The van der Waals surface area contributed by atoms with Crippen LogP contribution in [0.15, 0.2) is 84.9 Å². The van der Waals surface area contributed by atoms with E-state index in [0.29, 0.717) is 22.4 Å². The highest BCUT2D eigenvalue weighted by molar-refractivity contribution is 6.63. The minimum absolute atomic E-state index is 0.114. The Morgan fingerprint density at radius 2 is 0.909 bits per heavy atom. The van der Waals surface area contributed by atoms with Gasteiger partial charge in [-0.15, -0.1) is 0 Å². The maximum atomic E-state index is 10.8. The van der Waals surface area contributed by atoms with E-state index in [1.165, 1.54) is 0 Å².